The van der Waals surface area contributed by atoms with E-state index in [-0.39, 0.29) is 18.1 Å². The predicted octanol–water partition coefficient (Wildman–Crippen LogP) is -0.433. The van der Waals surface area contributed by atoms with E-state index < -0.39 is 21.5 Å². The highest BCUT2D eigenvalue weighted by Gasteiger charge is 2.38. The molecule has 0 amide bonds. The number of rotatable bonds is 9. The average Bonchev–Trinajstić information content (AvgIpc) is 2.62. The van der Waals surface area contributed by atoms with Crippen molar-refractivity contribution in [1.29, 1.82) is 0 Å². The summed E-state index contributed by atoms with van der Waals surface area (Å²) in [5.74, 6) is 0.357. The molecule has 1 aliphatic rings. The lowest BCUT2D eigenvalue weighted by Crippen LogP contribution is -2.47. The van der Waals surface area contributed by atoms with Crippen molar-refractivity contribution < 1.29 is 23.0 Å². The van der Waals surface area contributed by atoms with E-state index in [2.05, 4.69) is 5.32 Å². The topological polar surface area (TPSA) is 84.9 Å². The van der Waals surface area contributed by atoms with Gasteiger partial charge in [-0.25, -0.2) is 8.42 Å². The van der Waals surface area contributed by atoms with Crippen LogP contribution in [0.5, 0.6) is 0 Å². The maximum atomic E-state index is 11.4. The van der Waals surface area contributed by atoms with Crippen LogP contribution in [0.1, 0.15) is 20.3 Å². The standard InChI is InChI=1S/C12H25NO5S/c1-3-17-5-6-18-9-11(14)8-13-12(2)4-7-19(15,16)10-12/h11,13-14H,3-10H2,1-2H3. The Bertz CT molecular complexity index is 359. The van der Waals surface area contributed by atoms with Crippen LogP contribution < -0.4 is 5.32 Å². The predicted molar refractivity (Wildman–Crippen MR) is 73.0 cm³/mol. The summed E-state index contributed by atoms with van der Waals surface area (Å²) in [5.41, 5.74) is -0.425. The number of hydrogen-bond acceptors (Lipinski definition) is 6. The summed E-state index contributed by atoms with van der Waals surface area (Å²) in [6.07, 6.45) is -0.0467. The Labute approximate surface area is 115 Å². The van der Waals surface area contributed by atoms with E-state index in [1.165, 1.54) is 0 Å². The third-order valence-corrected chi connectivity index (χ3v) is 5.06. The lowest BCUT2D eigenvalue weighted by molar-refractivity contribution is 0.00468. The van der Waals surface area contributed by atoms with Crippen LogP contribution in [0.25, 0.3) is 0 Å². The molecule has 0 saturated carbocycles. The van der Waals surface area contributed by atoms with Gasteiger partial charge in [-0.2, -0.15) is 0 Å². The summed E-state index contributed by atoms with van der Waals surface area (Å²) in [7, 11) is -2.92. The first-order chi connectivity index (χ1) is 8.87. The van der Waals surface area contributed by atoms with Gasteiger partial charge in [-0.05, 0) is 20.3 Å². The number of sulfone groups is 1. The van der Waals surface area contributed by atoms with Gasteiger partial charge in [0.25, 0.3) is 0 Å². The van der Waals surface area contributed by atoms with E-state index in [0.29, 0.717) is 32.8 Å². The van der Waals surface area contributed by atoms with Crippen LogP contribution >= 0.6 is 0 Å². The number of hydrogen-bond donors (Lipinski definition) is 2. The number of nitrogens with one attached hydrogen (secondary N) is 1. The van der Waals surface area contributed by atoms with Gasteiger partial charge in [-0.3, -0.25) is 0 Å². The van der Waals surface area contributed by atoms with E-state index in [1.807, 2.05) is 13.8 Å². The molecule has 19 heavy (non-hydrogen) atoms. The van der Waals surface area contributed by atoms with Gasteiger partial charge in [0.05, 0.1) is 37.4 Å². The van der Waals surface area contributed by atoms with E-state index >= 15 is 0 Å². The molecule has 1 heterocycles. The highest BCUT2D eigenvalue weighted by Crippen LogP contribution is 2.22. The third-order valence-electron chi connectivity index (χ3n) is 3.15. The molecular weight excluding hydrogens is 270 g/mol. The fourth-order valence-electron chi connectivity index (χ4n) is 2.05. The summed E-state index contributed by atoms with van der Waals surface area (Å²) in [4.78, 5) is 0. The molecule has 2 unspecified atom stereocenters. The zero-order valence-corrected chi connectivity index (χ0v) is 12.5. The van der Waals surface area contributed by atoms with Crippen LogP contribution in [0.4, 0.5) is 0 Å². The minimum Gasteiger partial charge on any atom is -0.389 e. The molecule has 2 N–H and O–H groups in total. The Kier molecular flexibility index (Phi) is 6.68. The molecule has 1 rings (SSSR count). The lowest BCUT2D eigenvalue weighted by atomic mass is 10.0. The molecule has 114 valence electrons. The largest absolute Gasteiger partial charge is 0.389 e. The van der Waals surface area contributed by atoms with Gasteiger partial charge >= 0.3 is 0 Å². The molecule has 7 heteroatoms. The summed E-state index contributed by atoms with van der Waals surface area (Å²) in [6.45, 7) is 5.97. The molecule has 1 fully saturated rings. The van der Waals surface area contributed by atoms with E-state index in [1.54, 1.807) is 0 Å². The smallest absolute Gasteiger partial charge is 0.152 e. The zero-order valence-electron chi connectivity index (χ0n) is 11.7. The molecule has 0 aromatic rings. The normalized spacial score (nSPS) is 27.5. The van der Waals surface area contributed by atoms with Crippen LogP contribution in [0.15, 0.2) is 0 Å². The second-order valence-corrected chi connectivity index (χ2v) is 7.39. The van der Waals surface area contributed by atoms with E-state index in [4.69, 9.17) is 9.47 Å². The zero-order chi connectivity index (χ0) is 14.4. The number of aliphatic hydroxyl groups is 1. The summed E-state index contributed by atoms with van der Waals surface area (Å²) in [6, 6.07) is 0. The Morgan fingerprint density at radius 3 is 2.63 bits per heavy atom. The minimum absolute atomic E-state index is 0.137. The van der Waals surface area contributed by atoms with Crippen LogP contribution in [0, 0.1) is 0 Å². The van der Waals surface area contributed by atoms with Crippen molar-refractivity contribution in [2.24, 2.45) is 0 Å². The Morgan fingerprint density at radius 1 is 1.37 bits per heavy atom. The second kappa shape index (κ2) is 7.54. The first kappa shape index (κ1) is 16.8. The molecule has 0 aliphatic carbocycles. The van der Waals surface area contributed by atoms with Gasteiger partial charge in [0, 0.05) is 18.7 Å². The molecule has 1 saturated heterocycles. The summed E-state index contributed by atoms with van der Waals surface area (Å²) in [5, 5.41) is 12.9. The summed E-state index contributed by atoms with van der Waals surface area (Å²) < 4.78 is 33.2. The van der Waals surface area contributed by atoms with Gasteiger partial charge in [0.1, 0.15) is 0 Å². The first-order valence-electron chi connectivity index (χ1n) is 6.66. The molecule has 0 aromatic carbocycles. The van der Waals surface area contributed by atoms with Crippen molar-refractivity contribution in [3.05, 3.63) is 0 Å². The molecule has 1 aliphatic heterocycles. The van der Waals surface area contributed by atoms with Crippen LogP contribution in [-0.4, -0.2) is 69.6 Å². The molecule has 0 radical (unpaired) electrons. The van der Waals surface area contributed by atoms with Crippen LogP contribution in [0.2, 0.25) is 0 Å². The fourth-order valence-corrected chi connectivity index (χ4v) is 4.18. The van der Waals surface area contributed by atoms with Gasteiger partial charge in [0.15, 0.2) is 9.84 Å². The highest BCUT2D eigenvalue weighted by molar-refractivity contribution is 7.91. The monoisotopic (exact) mass is 295 g/mol. The number of aliphatic hydroxyl groups excluding tert-OH is 1. The highest BCUT2D eigenvalue weighted by atomic mass is 32.2. The van der Waals surface area contributed by atoms with Crippen molar-refractivity contribution in [1.82, 2.24) is 5.32 Å². The van der Waals surface area contributed by atoms with Gasteiger partial charge in [-0.1, -0.05) is 0 Å². The number of β-amino-alcohol motifs (C(OH)–C–C–N with tert-alkyl or cyclic N) is 1. The second-order valence-electron chi connectivity index (χ2n) is 5.21. The van der Waals surface area contributed by atoms with Crippen molar-refractivity contribution >= 4 is 9.84 Å². The molecular formula is C12H25NO5S. The fraction of sp³-hybridized carbons (Fsp3) is 1.00. The number of ether oxygens (including phenoxy) is 2. The summed E-state index contributed by atoms with van der Waals surface area (Å²) >= 11 is 0. The van der Waals surface area contributed by atoms with Crippen LogP contribution in [0.3, 0.4) is 0 Å². The Hall–Kier alpha value is -0.210. The van der Waals surface area contributed by atoms with Crippen molar-refractivity contribution in [3.8, 4) is 0 Å². The van der Waals surface area contributed by atoms with Crippen LogP contribution in [-0.2, 0) is 19.3 Å². The molecule has 6 nitrogen and oxygen atoms in total. The first-order valence-corrected chi connectivity index (χ1v) is 8.48. The van der Waals surface area contributed by atoms with Crippen molar-refractivity contribution in [2.75, 3.05) is 44.5 Å². The van der Waals surface area contributed by atoms with E-state index in [0.717, 1.165) is 0 Å². The van der Waals surface area contributed by atoms with E-state index in [9.17, 15) is 13.5 Å². The Morgan fingerprint density at radius 2 is 2.05 bits per heavy atom. The van der Waals surface area contributed by atoms with Gasteiger partial charge < -0.3 is 19.9 Å². The molecule has 2 atom stereocenters. The molecule has 0 spiro atoms. The third kappa shape index (κ3) is 6.67. The Balaban J connectivity index is 2.14. The lowest BCUT2D eigenvalue weighted by Gasteiger charge is -2.25. The van der Waals surface area contributed by atoms with Gasteiger partial charge in [-0.15, -0.1) is 0 Å². The average molecular weight is 295 g/mol. The van der Waals surface area contributed by atoms with Crippen molar-refractivity contribution in [3.63, 3.8) is 0 Å². The minimum atomic E-state index is -2.92. The molecule has 0 aromatic heterocycles. The molecule has 0 bridgehead atoms. The van der Waals surface area contributed by atoms with Crippen molar-refractivity contribution in [2.45, 2.75) is 31.9 Å². The maximum Gasteiger partial charge on any atom is 0.152 e. The van der Waals surface area contributed by atoms with Gasteiger partial charge in [0.2, 0.25) is 0 Å². The SMILES string of the molecule is CCOCCOCC(O)CNC1(C)CCS(=O)(=O)C1. The maximum absolute atomic E-state index is 11.4. The quantitative estimate of drug-likeness (QED) is 0.561.